The molecule has 0 radical (unpaired) electrons. The predicted molar refractivity (Wildman–Crippen MR) is 194 cm³/mol. The number of anilines is 3. The summed E-state index contributed by atoms with van der Waals surface area (Å²) in [5.74, 6) is -0.863. The first-order chi connectivity index (χ1) is 23.5. The number of benzene rings is 3. The molecule has 3 heterocycles. The molecular formula is C33H32ClN5O6S4. The fraction of sp³-hybridized carbons (Fsp3) is 0.212. The number of fused-ring (bicyclic) bond motifs is 1. The molecule has 3 aromatic carbocycles. The molecule has 49 heavy (non-hydrogen) atoms. The molecule has 0 bridgehead atoms. The van der Waals surface area contributed by atoms with Crippen molar-refractivity contribution < 1.29 is 26.4 Å². The molecule has 2 aromatic heterocycles. The quantitative estimate of drug-likeness (QED) is 0.159. The SMILES string of the molecule is O=C(CCl)Nc1ccc(S(=O)(=O)Cc2nccs2)cc1.O=C(CN1CCCc2ccccc21)Nc1ccc(S(=O)(=O)Cc2nccs2)cc1. The number of para-hydroxylation sites is 1. The van der Waals surface area contributed by atoms with Crippen molar-refractivity contribution in [1.82, 2.24) is 9.97 Å². The minimum absolute atomic E-state index is 0.120. The van der Waals surface area contributed by atoms with Crippen molar-refractivity contribution in [2.45, 2.75) is 34.1 Å². The van der Waals surface area contributed by atoms with Gasteiger partial charge in [0.15, 0.2) is 19.7 Å². The van der Waals surface area contributed by atoms with E-state index in [2.05, 4.69) is 31.6 Å². The molecule has 0 fully saturated rings. The van der Waals surface area contributed by atoms with Crippen LogP contribution in [0.4, 0.5) is 17.1 Å². The Morgan fingerprint density at radius 3 is 1.73 bits per heavy atom. The third-order valence-electron chi connectivity index (χ3n) is 7.25. The van der Waals surface area contributed by atoms with Crippen LogP contribution in [0.5, 0.6) is 0 Å². The molecular weight excluding hydrogens is 726 g/mol. The molecule has 2 N–H and O–H groups in total. The minimum Gasteiger partial charge on any atom is -0.362 e. The Kier molecular flexibility index (Phi) is 12.2. The Morgan fingerprint density at radius 1 is 0.735 bits per heavy atom. The second-order valence-corrected chi connectivity index (χ2v) is 17.0. The number of nitrogens with zero attached hydrogens (tertiary/aromatic N) is 3. The van der Waals surface area contributed by atoms with E-state index in [1.165, 1.54) is 64.6 Å². The number of sulfone groups is 2. The minimum atomic E-state index is -3.46. The van der Waals surface area contributed by atoms with Gasteiger partial charge in [-0.3, -0.25) is 9.59 Å². The van der Waals surface area contributed by atoms with Crippen molar-refractivity contribution in [3.63, 3.8) is 0 Å². The van der Waals surface area contributed by atoms with Crippen LogP contribution in [0.3, 0.4) is 0 Å². The number of nitrogens with one attached hydrogen (secondary N) is 2. The van der Waals surface area contributed by atoms with Crippen LogP contribution in [0.2, 0.25) is 0 Å². The average molecular weight is 758 g/mol. The molecule has 0 spiro atoms. The molecule has 5 aromatic rings. The van der Waals surface area contributed by atoms with Crippen LogP contribution in [0.25, 0.3) is 0 Å². The molecule has 0 unspecified atom stereocenters. The number of rotatable bonds is 11. The number of aromatic nitrogens is 2. The van der Waals surface area contributed by atoms with E-state index in [1.807, 2.05) is 18.2 Å². The highest BCUT2D eigenvalue weighted by Gasteiger charge is 2.20. The molecule has 0 atom stereocenters. The van der Waals surface area contributed by atoms with Crippen LogP contribution >= 0.6 is 34.3 Å². The number of hydrogen-bond donors (Lipinski definition) is 2. The summed E-state index contributed by atoms with van der Waals surface area (Å²) < 4.78 is 49.3. The molecule has 2 amide bonds. The normalized spacial score (nSPS) is 12.7. The van der Waals surface area contributed by atoms with Gasteiger partial charge >= 0.3 is 0 Å². The van der Waals surface area contributed by atoms with Gasteiger partial charge in [0.2, 0.25) is 11.8 Å². The molecule has 6 rings (SSSR count). The number of hydrogen-bond acceptors (Lipinski definition) is 11. The lowest BCUT2D eigenvalue weighted by molar-refractivity contribution is -0.115. The fourth-order valence-electron chi connectivity index (χ4n) is 4.98. The first-order valence-corrected chi connectivity index (χ1v) is 20.5. The van der Waals surface area contributed by atoms with Gasteiger partial charge in [0.1, 0.15) is 27.4 Å². The van der Waals surface area contributed by atoms with Crippen LogP contribution in [-0.4, -0.2) is 57.6 Å². The third kappa shape index (κ3) is 10.2. The molecule has 16 heteroatoms. The van der Waals surface area contributed by atoms with E-state index in [9.17, 15) is 26.4 Å². The lowest BCUT2D eigenvalue weighted by Crippen LogP contribution is -2.36. The van der Waals surface area contributed by atoms with Gasteiger partial charge < -0.3 is 15.5 Å². The van der Waals surface area contributed by atoms with Crippen LogP contribution in [0.1, 0.15) is 22.0 Å². The molecule has 0 saturated heterocycles. The van der Waals surface area contributed by atoms with Gasteiger partial charge in [0.05, 0.1) is 16.3 Å². The Labute approximate surface area is 297 Å². The molecule has 1 aliphatic rings. The summed E-state index contributed by atoms with van der Waals surface area (Å²) >= 11 is 7.98. The van der Waals surface area contributed by atoms with Crippen LogP contribution < -0.4 is 15.5 Å². The lowest BCUT2D eigenvalue weighted by Gasteiger charge is -2.30. The van der Waals surface area contributed by atoms with Gasteiger partial charge in [-0.05, 0) is 73.0 Å². The standard InChI is InChI=1S/C21H21N3O3S2.C12H11ClN2O3S2/c25-20(14-24-12-3-5-16-4-1-2-6-19(16)24)23-17-7-9-18(10-8-17)29(26,27)15-21-22-11-13-28-21;13-7-11(16)15-9-1-3-10(4-2-9)20(17,18)8-12-14-5-6-19-12/h1-2,4,6-11,13H,3,5,12,14-15H2,(H,23,25);1-6H,7-8H2,(H,15,16). The van der Waals surface area contributed by atoms with Crippen molar-refractivity contribution in [1.29, 1.82) is 0 Å². The average Bonchev–Trinajstić information content (AvgIpc) is 3.80. The summed E-state index contributed by atoms with van der Waals surface area (Å²) in [6.45, 7) is 1.11. The van der Waals surface area contributed by atoms with E-state index in [1.54, 1.807) is 35.3 Å². The van der Waals surface area contributed by atoms with Gasteiger partial charge in [-0.2, -0.15) is 0 Å². The summed E-state index contributed by atoms with van der Waals surface area (Å²) in [4.78, 5) is 34.1. The van der Waals surface area contributed by atoms with Crippen molar-refractivity contribution in [3.05, 3.63) is 112 Å². The zero-order valence-corrected chi connectivity index (χ0v) is 30.0. The highest BCUT2D eigenvalue weighted by atomic mass is 35.5. The molecule has 256 valence electrons. The molecule has 11 nitrogen and oxygen atoms in total. The number of carbonyl (C=O) groups excluding carboxylic acids is 2. The highest BCUT2D eigenvalue weighted by Crippen LogP contribution is 2.27. The number of halogens is 1. The third-order valence-corrected chi connectivity index (χ3v) is 12.7. The maximum Gasteiger partial charge on any atom is 0.243 e. The maximum absolute atomic E-state index is 12.5. The van der Waals surface area contributed by atoms with Crippen molar-refractivity contribution in [3.8, 4) is 0 Å². The number of carbonyl (C=O) groups is 2. The zero-order chi connectivity index (χ0) is 34.9. The van der Waals surface area contributed by atoms with Gasteiger partial charge in [0.25, 0.3) is 0 Å². The summed E-state index contributed by atoms with van der Waals surface area (Å²) in [5.41, 5.74) is 3.45. The number of amides is 2. The second-order valence-electron chi connectivity index (χ2n) is 10.8. The number of thiazole rings is 2. The van der Waals surface area contributed by atoms with E-state index >= 15 is 0 Å². The van der Waals surface area contributed by atoms with Crippen molar-refractivity contribution in [2.75, 3.05) is 34.5 Å². The number of aryl methyl sites for hydroxylation is 1. The fourth-order valence-corrected chi connectivity index (χ4v) is 9.55. The topological polar surface area (TPSA) is 156 Å². The van der Waals surface area contributed by atoms with Crippen LogP contribution in [-0.2, 0) is 47.2 Å². The zero-order valence-electron chi connectivity index (χ0n) is 26.0. The van der Waals surface area contributed by atoms with Gasteiger partial charge in [-0.25, -0.2) is 26.8 Å². The van der Waals surface area contributed by atoms with E-state index in [-0.39, 0.29) is 45.5 Å². The van der Waals surface area contributed by atoms with E-state index in [0.717, 1.165) is 25.1 Å². The lowest BCUT2D eigenvalue weighted by atomic mass is 10.0. The van der Waals surface area contributed by atoms with Crippen molar-refractivity contribution in [2.24, 2.45) is 0 Å². The molecule has 1 aliphatic heterocycles. The summed E-state index contributed by atoms with van der Waals surface area (Å²) in [7, 11) is -6.88. The first kappa shape index (κ1) is 36.1. The molecule has 0 saturated carbocycles. The van der Waals surface area contributed by atoms with Gasteiger partial charge in [-0.15, -0.1) is 34.3 Å². The van der Waals surface area contributed by atoms with E-state index in [0.29, 0.717) is 21.4 Å². The first-order valence-electron chi connectivity index (χ1n) is 14.9. The summed E-state index contributed by atoms with van der Waals surface area (Å²) in [5, 5.41) is 9.99. The smallest absolute Gasteiger partial charge is 0.243 e. The van der Waals surface area contributed by atoms with Crippen LogP contribution in [0, 0.1) is 0 Å². The van der Waals surface area contributed by atoms with E-state index in [4.69, 9.17) is 11.6 Å². The van der Waals surface area contributed by atoms with Crippen LogP contribution in [0.15, 0.2) is 106 Å². The van der Waals surface area contributed by atoms with Gasteiger partial charge in [0, 0.05) is 46.8 Å². The highest BCUT2D eigenvalue weighted by molar-refractivity contribution is 7.91. The Hall–Kier alpha value is -4.15. The Bertz CT molecular complexity index is 2070. The summed E-state index contributed by atoms with van der Waals surface area (Å²) in [6.07, 6.45) is 5.22. The van der Waals surface area contributed by atoms with Crippen molar-refractivity contribution >= 4 is 82.8 Å². The largest absolute Gasteiger partial charge is 0.362 e. The second kappa shape index (κ2) is 16.5. The predicted octanol–water partition coefficient (Wildman–Crippen LogP) is 5.80. The monoisotopic (exact) mass is 757 g/mol. The Balaban J connectivity index is 0.000000205. The number of alkyl halides is 1. The van der Waals surface area contributed by atoms with E-state index < -0.39 is 19.7 Å². The summed E-state index contributed by atoms with van der Waals surface area (Å²) in [6, 6.07) is 20.4. The van der Waals surface area contributed by atoms with Gasteiger partial charge in [-0.1, -0.05) is 18.2 Å². The Morgan fingerprint density at radius 2 is 1.24 bits per heavy atom. The maximum atomic E-state index is 12.5. The molecule has 0 aliphatic carbocycles.